The zero-order valence-electron chi connectivity index (χ0n) is 15.8. The Labute approximate surface area is 160 Å². The molecule has 0 saturated carbocycles. The standard InChI is InChI=1S/C22H27N3O2/c1-17(24-22(27)19-8-3-2-4-9-19)15-21(26)23-12-14-25-13-11-18-7-5-6-10-20(18)16-25/h2-10,17H,11-16H2,1H3,(H,23,26)(H,24,27). The molecule has 5 heteroatoms. The van der Waals surface area contributed by atoms with Gasteiger partial charge < -0.3 is 10.6 Å². The van der Waals surface area contributed by atoms with Crippen LogP contribution in [0, 0.1) is 0 Å². The van der Waals surface area contributed by atoms with E-state index in [1.807, 2.05) is 25.1 Å². The highest BCUT2D eigenvalue weighted by atomic mass is 16.2. The number of nitrogens with one attached hydrogen (secondary N) is 2. The molecule has 0 spiro atoms. The molecule has 0 bridgehead atoms. The van der Waals surface area contributed by atoms with E-state index in [0.717, 1.165) is 26.1 Å². The second kappa shape index (κ2) is 9.33. The number of fused-ring (bicyclic) bond motifs is 1. The monoisotopic (exact) mass is 365 g/mol. The Kier molecular flexibility index (Phi) is 6.60. The van der Waals surface area contributed by atoms with Crippen LogP contribution < -0.4 is 10.6 Å². The second-order valence-corrected chi connectivity index (χ2v) is 7.09. The Morgan fingerprint density at radius 3 is 2.52 bits per heavy atom. The van der Waals surface area contributed by atoms with E-state index in [1.54, 1.807) is 12.1 Å². The zero-order chi connectivity index (χ0) is 19.1. The van der Waals surface area contributed by atoms with Crippen LogP contribution in [0.25, 0.3) is 0 Å². The third kappa shape index (κ3) is 5.66. The maximum absolute atomic E-state index is 12.1. The van der Waals surface area contributed by atoms with Crippen molar-refractivity contribution in [1.29, 1.82) is 0 Å². The molecule has 1 aliphatic rings. The molecular weight excluding hydrogens is 338 g/mol. The van der Waals surface area contributed by atoms with Crippen molar-refractivity contribution in [1.82, 2.24) is 15.5 Å². The van der Waals surface area contributed by atoms with Gasteiger partial charge in [-0.3, -0.25) is 14.5 Å². The lowest BCUT2D eigenvalue weighted by atomic mass is 10.00. The van der Waals surface area contributed by atoms with Crippen molar-refractivity contribution in [3.05, 3.63) is 71.3 Å². The highest BCUT2D eigenvalue weighted by molar-refractivity contribution is 5.94. The summed E-state index contributed by atoms with van der Waals surface area (Å²) in [5.74, 6) is -0.184. The van der Waals surface area contributed by atoms with Gasteiger partial charge in [0.25, 0.3) is 5.91 Å². The van der Waals surface area contributed by atoms with Gasteiger partial charge in [0.1, 0.15) is 0 Å². The van der Waals surface area contributed by atoms with Crippen LogP contribution in [-0.4, -0.2) is 42.4 Å². The summed E-state index contributed by atoms with van der Waals surface area (Å²) in [7, 11) is 0. The molecule has 1 aliphatic heterocycles. The molecule has 2 aromatic rings. The van der Waals surface area contributed by atoms with Gasteiger partial charge in [0.15, 0.2) is 0 Å². The molecule has 5 nitrogen and oxygen atoms in total. The lowest BCUT2D eigenvalue weighted by Crippen LogP contribution is -2.40. The van der Waals surface area contributed by atoms with Crippen LogP contribution in [0.15, 0.2) is 54.6 Å². The molecule has 0 aromatic heterocycles. The maximum atomic E-state index is 12.1. The van der Waals surface area contributed by atoms with E-state index >= 15 is 0 Å². The summed E-state index contributed by atoms with van der Waals surface area (Å²) in [5, 5.41) is 5.83. The van der Waals surface area contributed by atoms with Crippen LogP contribution in [-0.2, 0) is 17.8 Å². The summed E-state index contributed by atoms with van der Waals surface area (Å²) in [4.78, 5) is 26.6. The number of hydrogen-bond acceptors (Lipinski definition) is 3. The number of amides is 2. The van der Waals surface area contributed by atoms with Gasteiger partial charge in [0.2, 0.25) is 5.91 Å². The van der Waals surface area contributed by atoms with Gasteiger partial charge in [0.05, 0.1) is 0 Å². The second-order valence-electron chi connectivity index (χ2n) is 7.09. The first-order chi connectivity index (χ1) is 13.1. The highest BCUT2D eigenvalue weighted by Gasteiger charge is 2.16. The van der Waals surface area contributed by atoms with Crippen molar-refractivity contribution in [2.24, 2.45) is 0 Å². The minimum Gasteiger partial charge on any atom is -0.355 e. The topological polar surface area (TPSA) is 61.4 Å². The molecule has 142 valence electrons. The van der Waals surface area contributed by atoms with Crippen LogP contribution in [0.2, 0.25) is 0 Å². The molecule has 0 aliphatic carbocycles. The molecule has 1 unspecified atom stereocenters. The predicted molar refractivity (Wildman–Crippen MR) is 106 cm³/mol. The van der Waals surface area contributed by atoms with Gasteiger partial charge in [-0.15, -0.1) is 0 Å². The Hall–Kier alpha value is -2.66. The molecule has 3 rings (SSSR count). The van der Waals surface area contributed by atoms with Crippen LogP contribution in [0.1, 0.15) is 34.8 Å². The fourth-order valence-electron chi connectivity index (χ4n) is 3.40. The molecule has 0 radical (unpaired) electrons. The summed E-state index contributed by atoms with van der Waals surface area (Å²) in [6.07, 6.45) is 1.34. The first-order valence-corrected chi connectivity index (χ1v) is 9.53. The van der Waals surface area contributed by atoms with Crippen LogP contribution in [0.5, 0.6) is 0 Å². The van der Waals surface area contributed by atoms with E-state index < -0.39 is 0 Å². The van der Waals surface area contributed by atoms with Crippen molar-refractivity contribution in [3.63, 3.8) is 0 Å². The third-order valence-electron chi connectivity index (χ3n) is 4.86. The summed E-state index contributed by atoms with van der Waals surface area (Å²) >= 11 is 0. The van der Waals surface area contributed by atoms with E-state index in [4.69, 9.17) is 0 Å². The molecule has 0 saturated heterocycles. The van der Waals surface area contributed by atoms with Gasteiger partial charge >= 0.3 is 0 Å². The molecule has 1 atom stereocenters. The molecule has 2 aromatic carbocycles. The lowest BCUT2D eigenvalue weighted by Gasteiger charge is -2.28. The molecule has 2 N–H and O–H groups in total. The smallest absolute Gasteiger partial charge is 0.251 e. The first kappa shape index (κ1) is 19.1. The van der Waals surface area contributed by atoms with Crippen LogP contribution in [0.3, 0.4) is 0 Å². The van der Waals surface area contributed by atoms with E-state index in [0.29, 0.717) is 12.1 Å². The molecular formula is C22H27N3O2. The van der Waals surface area contributed by atoms with Gasteiger partial charge in [-0.1, -0.05) is 42.5 Å². The van der Waals surface area contributed by atoms with E-state index in [9.17, 15) is 9.59 Å². The zero-order valence-corrected chi connectivity index (χ0v) is 15.8. The van der Waals surface area contributed by atoms with Gasteiger partial charge in [-0.2, -0.15) is 0 Å². The minimum atomic E-state index is -0.209. The SMILES string of the molecule is CC(CC(=O)NCCN1CCc2ccccc2C1)NC(=O)c1ccccc1. The average Bonchev–Trinajstić information content (AvgIpc) is 2.68. The summed E-state index contributed by atoms with van der Waals surface area (Å²) < 4.78 is 0. The van der Waals surface area contributed by atoms with Crippen LogP contribution >= 0.6 is 0 Å². The lowest BCUT2D eigenvalue weighted by molar-refractivity contribution is -0.121. The fourth-order valence-corrected chi connectivity index (χ4v) is 3.40. The van der Waals surface area contributed by atoms with E-state index in [2.05, 4.69) is 39.8 Å². The van der Waals surface area contributed by atoms with Crippen LogP contribution in [0.4, 0.5) is 0 Å². The third-order valence-corrected chi connectivity index (χ3v) is 4.86. The number of nitrogens with zero attached hydrogens (tertiary/aromatic N) is 1. The fraction of sp³-hybridized carbons (Fsp3) is 0.364. The van der Waals surface area contributed by atoms with Gasteiger partial charge in [-0.25, -0.2) is 0 Å². The number of rotatable bonds is 7. The Morgan fingerprint density at radius 2 is 1.74 bits per heavy atom. The Morgan fingerprint density at radius 1 is 1.04 bits per heavy atom. The van der Waals surface area contributed by atoms with Crippen molar-refractivity contribution >= 4 is 11.8 Å². The highest BCUT2D eigenvalue weighted by Crippen LogP contribution is 2.17. The molecule has 1 heterocycles. The molecule has 0 fully saturated rings. The number of carbonyl (C=O) groups is 2. The summed E-state index contributed by atoms with van der Waals surface area (Å²) in [5.41, 5.74) is 3.42. The molecule has 27 heavy (non-hydrogen) atoms. The number of carbonyl (C=O) groups excluding carboxylic acids is 2. The Balaban J connectivity index is 1.35. The van der Waals surface area contributed by atoms with Gasteiger partial charge in [0, 0.05) is 44.2 Å². The number of hydrogen-bond donors (Lipinski definition) is 2. The van der Waals surface area contributed by atoms with E-state index in [-0.39, 0.29) is 24.3 Å². The Bertz CT molecular complexity index is 776. The first-order valence-electron chi connectivity index (χ1n) is 9.53. The van der Waals surface area contributed by atoms with Crippen molar-refractivity contribution in [2.45, 2.75) is 32.4 Å². The largest absolute Gasteiger partial charge is 0.355 e. The quantitative estimate of drug-likeness (QED) is 0.792. The molecule has 2 amide bonds. The summed E-state index contributed by atoms with van der Waals surface area (Å²) in [6.45, 7) is 5.28. The normalized spacial score (nSPS) is 14.9. The van der Waals surface area contributed by atoms with Gasteiger partial charge in [-0.05, 0) is 36.6 Å². The minimum absolute atomic E-state index is 0.0340. The number of benzene rings is 2. The van der Waals surface area contributed by atoms with Crippen molar-refractivity contribution < 1.29 is 9.59 Å². The summed E-state index contributed by atoms with van der Waals surface area (Å²) in [6, 6.07) is 17.4. The maximum Gasteiger partial charge on any atom is 0.251 e. The van der Waals surface area contributed by atoms with E-state index in [1.165, 1.54) is 11.1 Å². The van der Waals surface area contributed by atoms with Crippen molar-refractivity contribution in [2.75, 3.05) is 19.6 Å². The predicted octanol–water partition coefficient (Wildman–Crippen LogP) is 2.37. The van der Waals surface area contributed by atoms with Crippen molar-refractivity contribution in [3.8, 4) is 0 Å². The average molecular weight is 365 g/mol.